The lowest BCUT2D eigenvalue weighted by molar-refractivity contribution is -0.138. The van der Waals surface area contributed by atoms with Gasteiger partial charge in [0.25, 0.3) is 0 Å². The van der Waals surface area contributed by atoms with E-state index in [1.54, 1.807) is 6.92 Å². The third kappa shape index (κ3) is 11.9. The third-order valence-corrected chi connectivity index (χ3v) is 0.786. The van der Waals surface area contributed by atoms with E-state index in [-0.39, 0.29) is 5.97 Å². The number of esters is 1. The zero-order chi connectivity index (χ0) is 9.98. The Bertz CT molecular complexity index is 128. The summed E-state index contributed by atoms with van der Waals surface area (Å²) in [5.74, 6) is -0.295. The van der Waals surface area contributed by atoms with Crippen LogP contribution in [0.2, 0.25) is 0 Å². The van der Waals surface area contributed by atoms with Crippen LogP contribution in [0.1, 0.15) is 40.5 Å². The highest BCUT2D eigenvalue weighted by atomic mass is 16.5. The fraction of sp³-hybridized carbons (Fsp3) is 0.700. The molecule has 0 amide bonds. The minimum Gasteiger partial charge on any atom is -0.462 e. The monoisotopic (exact) mass is 172 g/mol. The lowest BCUT2D eigenvalue weighted by Crippen LogP contribution is -2.04. The first-order valence-electron chi connectivity index (χ1n) is 4.42. The molecule has 0 unspecified atom stereocenters. The average molecular weight is 172 g/mol. The molecule has 0 aromatic heterocycles. The molecule has 0 aromatic carbocycles. The molecular weight excluding hydrogens is 152 g/mol. The van der Waals surface area contributed by atoms with Gasteiger partial charge in [0.1, 0.15) is 0 Å². The summed E-state index contributed by atoms with van der Waals surface area (Å²) in [5.41, 5.74) is 0.462. The van der Waals surface area contributed by atoms with Crippen molar-refractivity contribution in [3.8, 4) is 0 Å². The molecule has 2 heteroatoms. The van der Waals surface area contributed by atoms with Crippen molar-refractivity contribution >= 4 is 5.97 Å². The summed E-state index contributed by atoms with van der Waals surface area (Å²) in [6.45, 7) is 11.8. The van der Waals surface area contributed by atoms with Crippen LogP contribution in [0.5, 0.6) is 0 Å². The molecule has 0 N–H and O–H groups in total. The molecule has 0 rings (SSSR count). The van der Waals surface area contributed by atoms with Gasteiger partial charge in [-0.05, 0) is 13.3 Å². The Morgan fingerprint density at radius 2 is 1.75 bits per heavy atom. The normalized spacial score (nSPS) is 8.00. The number of carbonyl (C=O) groups excluding carboxylic acids is 1. The van der Waals surface area contributed by atoms with Crippen molar-refractivity contribution in [1.29, 1.82) is 0 Å². The van der Waals surface area contributed by atoms with Crippen LogP contribution in [0.4, 0.5) is 0 Å². The van der Waals surface area contributed by atoms with E-state index >= 15 is 0 Å². The summed E-state index contributed by atoms with van der Waals surface area (Å²) < 4.78 is 4.71. The van der Waals surface area contributed by atoms with Crippen LogP contribution < -0.4 is 0 Å². The van der Waals surface area contributed by atoms with Crippen molar-refractivity contribution in [3.05, 3.63) is 12.2 Å². The maximum atomic E-state index is 10.6. The summed E-state index contributed by atoms with van der Waals surface area (Å²) in [6.07, 6.45) is 2.11. The van der Waals surface area contributed by atoms with E-state index < -0.39 is 0 Å². The average Bonchev–Trinajstić information content (AvgIpc) is 2.01. The molecule has 0 aliphatic rings. The van der Waals surface area contributed by atoms with Crippen LogP contribution in [0.25, 0.3) is 0 Å². The lowest BCUT2D eigenvalue weighted by atomic mass is 10.4. The highest BCUT2D eigenvalue weighted by Crippen LogP contribution is 1.91. The molecule has 0 saturated heterocycles. The summed E-state index contributed by atoms with van der Waals surface area (Å²) in [6, 6.07) is 0. The van der Waals surface area contributed by atoms with E-state index in [1.165, 1.54) is 6.42 Å². The largest absolute Gasteiger partial charge is 0.462 e. The van der Waals surface area contributed by atoms with E-state index in [0.717, 1.165) is 6.42 Å². The molecule has 0 bridgehead atoms. The molecule has 72 valence electrons. The molecule has 0 heterocycles. The highest BCUT2D eigenvalue weighted by Gasteiger charge is 1.99. The Labute approximate surface area is 75.6 Å². The molecule has 0 aliphatic carbocycles. The van der Waals surface area contributed by atoms with Gasteiger partial charge in [-0.25, -0.2) is 4.79 Å². The van der Waals surface area contributed by atoms with Crippen molar-refractivity contribution in [1.82, 2.24) is 0 Å². The first kappa shape index (κ1) is 13.8. The van der Waals surface area contributed by atoms with Crippen molar-refractivity contribution in [2.45, 2.75) is 40.5 Å². The van der Waals surface area contributed by atoms with Crippen molar-refractivity contribution in [3.63, 3.8) is 0 Å². The molecular formula is C10H20O2. The van der Waals surface area contributed by atoms with Crippen molar-refractivity contribution < 1.29 is 9.53 Å². The van der Waals surface area contributed by atoms with Gasteiger partial charge in [0.15, 0.2) is 0 Å². The van der Waals surface area contributed by atoms with Crippen molar-refractivity contribution in [2.75, 3.05) is 6.61 Å². The van der Waals surface area contributed by atoms with Crippen LogP contribution in [0, 0.1) is 0 Å². The molecule has 12 heavy (non-hydrogen) atoms. The van der Waals surface area contributed by atoms with E-state index in [2.05, 4.69) is 20.4 Å². The first-order valence-corrected chi connectivity index (χ1v) is 4.42. The Morgan fingerprint density at radius 1 is 1.33 bits per heavy atom. The molecule has 0 spiro atoms. The minimum atomic E-state index is -0.295. The van der Waals surface area contributed by atoms with Crippen molar-refractivity contribution in [2.24, 2.45) is 0 Å². The smallest absolute Gasteiger partial charge is 0.333 e. The van der Waals surface area contributed by atoms with Crippen LogP contribution in [-0.4, -0.2) is 12.6 Å². The quantitative estimate of drug-likeness (QED) is 0.483. The van der Waals surface area contributed by atoms with Crippen LogP contribution >= 0.6 is 0 Å². The fourth-order valence-electron chi connectivity index (χ4n) is 0.318. The molecule has 0 fully saturated rings. The maximum Gasteiger partial charge on any atom is 0.333 e. The van der Waals surface area contributed by atoms with Gasteiger partial charge in [-0.2, -0.15) is 0 Å². The number of hydrogen-bond acceptors (Lipinski definition) is 2. The van der Waals surface area contributed by atoms with E-state index in [0.29, 0.717) is 12.2 Å². The minimum absolute atomic E-state index is 0.295. The van der Waals surface area contributed by atoms with Gasteiger partial charge >= 0.3 is 5.97 Å². The predicted molar refractivity (Wildman–Crippen MR) is 52.0 cm³/mol. The number of hydrogen-bond donors (Lipinski definition) is 0. The van der Waals surface area contributed by atoms with Crippen LogP contribution in [-0.2, 0) is 9.53 Å². The van der Waals surface area contributed by atoms with Gasteiger partial charge in [0, 0.05) is 5.57 Å². The molecule has 0 saturated carbocycles. The standard InChI is InChI=1S/C7H12O2.C3H8/c1-4-5-9-7(8)6(2)3;1-3-2/h2,4-5H2,1,3H3;3H2,1-2H3. The van der Waals surface area contributed by atoms with Crippen LogP contribution in [0.15, 0.2) is 12.2 Å². The van der Waals surface area contributed by atoms with E-state index in [9.17, 15) is 4.79 Å². The second-order valence-electron chi connectivity index (χ2n) is 2.62. The summed E-state index contributed by atoms with van der Waals surface area (Å²) in [5, 5.41) is 0. The summed E-state index contributed by atoms with van der Waals surface area (Å²) >= 11 is 0. The Morgan fingerprint density at radius 3 is 2.00 bits per heavy atom. The van der Waals surface area contributed by atoms with Gasteiger partial charge in [0.05, 0.1) is 6.61 Å². The van der Waals surface area contributed by atoms with Gasteiger partial charge in [-0.15, -0.1) is 0 Å². The molecule has 0 aliphatic heterocycles. The Kier molecular flexibility index (Phi) is 11.7. The van der Waals surface area contributed by atoms with Gasteiger partial charge in [-0.1, -0.05) is 33.8 Å². The Hall–Kier alpha value is -0.790. The number of carbonyl (C=O) groups is 1. The maximum absolute atomic E-state index is 10.6. The predicted octanol–water partition coefficient (Wildman–Crippen LogP) is 2.93. The van der Waals surface area contributed by atoms with Gasteiger partial charge in [0.2, 0.25) is 0 Å². The summed E-state index contributed by atoms with van der Waals surface area (Å²) in [4.78, 5) is 10.6. The lowest BCUT2D eigenvalue weighted by Gasteiger charge is -1.99. The first-order chi connectivity index (χ1) is 5.59. The molecule has 2 nitrogen and oxygen atoms in total. The zero-order valence-electron chi connectivity index (χ0n) is 8.64. The number of ether oxygens (including phenoxy) is 1. The number of rotatable bonds is 3. The zero-order valence-corrected chi connectivity index (χ0v) is 8.64. The molecule has 0 atom stereocenters. The van der Waals surface area contributed by atoms with Crippen LogP contribution in [0.3, 0.4) is 0 Å². The van der Waals surface area contributed by atoms with Gasteiger partial charge in [-0.3, -0.25) is 0 Å². The van der Waals surface area contributed by atoms with E-state index in [4.69, 9.17) is 4.74 Å². The second kappa shape index (κ2) is 10.2. The third-order valence-electron chi connectivity index (χ3n) is 0.786. The van der Waals surface area contributed by atoms with Gasteiger partial charge < -0.3 is 4.74 Å². The highest BCUT2D eigenvalue weighted by molar-refractivity contribution is 5.86. The second-order valence-corrected chi connectivity index (χ2v) is 2.62. The topological polar surface area (TPSA) is 26.3 Å². The molecule has 0 radical (unpaired) electrons. The molecule has 0 aromatic rings. The fourth-order valence-corrected chi connectivity index (χ4v) is 0.318. The SMILES string of the molecule is C=C(C)C(=O)OCCC.CCC. The summed E-state index contributed by atoms with van der Waals surface area (Å²) in [7, 11) is 0. The van der Waals surface area contributed by atoms with E-state index in [1.807, 2.05) is 6.92 Å². The Balaban J connectivity index is 0.